The summed E-state index contributed by atoms with van der Waals surface area (Å²) in [5, 5.41) is 3.15. The molecular formula is C12H15N5O2. The van der Waals surface area contributed by atoms with E-state index >= 15 is 0 Å². The molecule has 7 nitrogen and oxygen atoms in total. The number of methoxy groups -OCH3 is 1. The Kier molecular flexibility index (Phi) is 3.74. The third-order valence-electron chi connectivity index (χ3n) is 2.52. The van der Waals surface area contributed by atoms with Crippen molar-refractivity contribution in [3.8, 4) is 0 Å². The molecule has 0 amide bonds. The SMILES string of the molecule is COC(=O)c1nc(C)cc(NC(C)c2ncc[nH]2)n1. The first-order valence-electron chi connectivity index (χ1n) is 5.80. The molecule has 2 aromatic heterocycles. The highest BCUT2D eigenvalue weighted by Gasteiger charge is 2.13. The first kappa shape index (κ1) is 13.0. The van der Waals surface area contributed by atoms with Gasteiger partial charge < -0.3 is 15.0 Å². The number of anilines is 1. The van der Waals surface area contributed by atoms with Crippen molar-refractivity contribution in [2.24, 2.45) is 0 Å². The van der Waals surface area contributed by atoms with Gasteiger partial charge in [-0.15, -0.1) is 0 Å². The van der Waals surface area contributed by atoms with Crippen molar-refractivity contribution in [1.82, 2.24) is 19.9 Å². The largest absolute Gasteiger partial charge is 0.463 e. The molecule has 0 saturated carbocycles. The van der Waals surface area contributed by atoms with Gasteiger partial charge in [-0.05, 0) is 13.8 Å². The molecule has 0 spiro atoms. The molecule has 1 atom stereocenters. The summed E-state index contributed by atoms with van der Waals surface area (Å²) in [4.78, 5) is 26.7. The van der Waals surface area contributed by atoms with E-state index in [1.54, 1.807) is 25.4 Å². The van der Waals surface area contributed by atoms with Gasteiger partial charge in [-0.2, -0.15) is 0 Å². The number of carbonyl (C=O) groups excluding carboxylic acids is 1. The second-order valence-electron chi connectivity index (χ2n) is 4.05. The zero-order valence-corrected chi connectivity index (χ0v) is 11.0. The molecule has 0 bridgehead atoms. The van der Waals surface area contributed by atoms with Crippen molar-refractivity contribution >= 4 is 11.8 Å². The van der Waals surface area contributed by atoms with Crippen LogP contribution in [0.4, 0.5) is 5.82 Å². The van der Waals surface area contributed by atoms with Gasteiger partial charge in [-0.25, -0.2) is 19.7 Å². The first-order chi connectivity index (χ1) is 9.10. The van der Waals surface area contributed by atoms with Crippen molar-refractivity contribution in [3.63, 3.8) is 0 Å². The van der Waals surface area contributed by atoms with E-state index in [1.807, 2.05) is 6.92 Å². The maximum absolute atomic E-state index is 11.4. The summed E-state index contributed by atoms with van der Waals surface area (Å²) in [6.45, 7) is 3.73. The summed E-state index contributed by atoms with van der Waals surface area (Å²) >= 11 is 0. The lowest BCUT2D eigenvalue weighted by molar-refractivity contribution is 0.0586. The smallest absolute Gasteiger partial charge is 0.376 e. The molecule has 2 aromatic rings. The summed E-state index contributed by atoms with van der Waals surface area (Å²) in [7, 11) is 1.30. The van der Waals surface area contributed by atoms with Crippen molar-refractivity contribution in [2.45, 2.75) is 19.9 Å². The van der Waals surface area contributed by atoms with Crippen molar-refractivity contribution in [2.75, 3.05) is 12.4 Å². The fourth-order valence-electron chi connectivity index (χ4n) is 1.63. The van der Waals surface area contributed by atoms with E-state index in [9.17, 15) is 4.79 Å². The Hall–Kier alpha value is -2.44. The number of rotatable bonds is 4. The van der Waals surface area contributed by atoms with Crippen LogP contribution in [0, 0.1) is 6.92 Å². The van der Waals surface area contributed by atoms with Crippen LogP contribution in [0.15, 0.2) is 18.5 Å². The van der Waals surface area contributed by atoms with E-state index in [0.717, 1.165) is 5.82 Å². The maximum Gasteiger partial charge on any atom is 0.376 e. The van der Waals surface area contributed by atoms with Gasteiger partial charge in [0.1, 0.15) is 11.6 Å². The number of nitrogens with zero attached hydrogens (tertiary/aromatic N) is 3. The van der Waals surface area contributed by atoms with Crippen LogP contribution >= 0.6 is 0 Å². The van der Waals surface area contributed by atoms with E-state index in [1.165, 1.54) is 7.11 Å². The van der Waals surface area contributed by atoms with Gasteiger partial charge in [0.25, 0.3) is 0 Å². The molecule has 0 aliphatic rings. The second kappa shape index (κ2) is 5.47. The molecule has 2 heterocycles. The Labute approximate surface area is 110 Å². The number of imidazole rings is 1. The van der Waals surface area contributed by atoms with Gasteiger partial charge >= 0.3 is 5.97 Å². The molecule has 19 heavy (non-hydrogen) atoms. The second-order valence-corrected chi connectivity index (χ2v) is 4.05. The molecule has 0 aliphatic heterocycles. The maximum atomic E-state index is 11.4. The van der Waals surface area contributed by atoms with E-state index in [2.05, 4.69) is 30.0 Å². The van der Waals surface area contributed by atoms with E-state index in [0.29, 0.717) is 11.5 Å². The summed E-state index contributed by atoms with van der Waals surface area (Å²) < 4.78 is 4.61. The molecule has 0 saturated heterocycles. The molecule has 0 radical (unpaired) electrons. The first-order valence-corrected chi connectivity index (χ1v) is 5.80. The highest BCUT2D eigenvalue weighted by molar-refractivity contribution is 5.85. The molecule has 2 rings (SSSR count). The number of nitrogens with one attached hydrogen (secondary N) is 2. The van der Waals surface area contributed by atoms with Gasteiger partial charge in [0.2, 0.25) is 5.82 Å². The molecule has 7 heteroatoms. The molecule has 0 aromatic carbocycles. The van der Waals surface area contributed by atoms with Gasteiger partial charge in [0.15, 0.2) is 0 Å². The van der Waals surface area contributed by atoms with Gasteiger partial charge in [0.05, 0.1) is 13.2 Å². The lowest BCUT2D eigenvalue weighted by Gasteiger charge is -2.13. The summed E-state index contributed by atoms with van der Waals surface area (Å²) in [5.74, 6) is 0.821. The fourth-order valence-corrected chi connectivity index (χ4v) is 1.63. The topological polar surface area (TPSA) is 92.8 Å². The summed E-state index contributed by atoms with van der Waals surface area (Å²) in [5.41, 5.74) is 0.685. The third kappa shape index (κ3) is 3.06. The fraction of sp³-hybridized carbons (Fsp3) is 0.333. The van der Waals surface area contributed by atoms with Crippen LogP contribution in [-0.2, 0) is 4.74 Å². The highest BCUT2D eigenvalue weighted by Crippen LogP contribution is 2.15. The summed E-state index contributed by atoms with van der Waals surface area (Å²) in [6.07, 6.45) is 3.43. The number of hydrogen-bond donors (Lipinski definition) is 2. The van der Waals surface area contributed by atoms with Gasteiger partial charge in [-0.1, -0.05) is 0 Å². The van der Waals surface area contributed by atoms with Gasteiger partial charge in [0, 0.05) is 24.2 Å². The van der Waals surface area contributed by atoms with Crippen LogP contribution in [-0.4, -0.2) is 33.0 Å². The van der Waals surface area contributed by atoms with E-state index < -0.39 is 5.97 Å². The van der Waals surface area contributed by atoms with Crippen molar-refractivity contribution in [3.05, 3.63) is 35.8 Å². The van der Waals surface area contributed by atoms with Crippen LogP contribution in [0.2, 0.25) is 0 Å². The molecule has 1 unspecified atom stereocenters. The van der Waals surface area contributed by atoms with Crippen LogP contribution < -0.4 is 5.32 Å². The Balaban J connectivity index is 2.20. The van der Waals surface area contributed by atoms with E-state index in [-0.39, 0.29) is 11.9 Å². The predicted molar refractivity (Wildman–Crippen MR) is 68.7 cm³/mol. The minimum atomic E-state index is -0.558. The standard InChI is InChI=1S/C12H15N5O2/c1-7-6-9(17-11(15-7)12(18)19-3)16-8(2)10-13-4-5-14-10/h4-6,8H,1-3H3,(H,13,14)(H,15,16,17). The lowest BCUT2D eigenvalue weighted by atomic mass is 10.3. The number of H-pyrrole nitrogens is 1. The molecule has 100 valence electrons. The monoisotopic (exact) mass is 261 g/mol. The van der Waals surface area contributed by atoms with Crippen LogP contribution in [0.5, 0.6) is 0 Å². The zero-order chi connectivity index (χ0) is 13.8. The van der Waals surface area contributed by atoms with Crippen LogP contribution in [0.3, 0.4) is 0 Å². The summed E-state index contributed by atoms with van der Waals surface area (Å²) in [6, 6.07) is 1.70. The average molecular weight is 261 g/mol. The van der Waals surface area contributed by atoms with E-state index in [4.69, 9.17) is 0 Å². The number of ether oxygens (including phenoxy) is 1. The lowest BCUT2D eigenvalue weighted by Crippen LogP contribution is -2.14. The molecule has 0 fully saturated rings. The van der Waals surface area contributed by atoms with Crippen LogP contribution in [0.25, 0.3) is 0 Å². The molecular weight excluding hydrogens is 246 g/mol. The average Bonchev–Trinajstić information content (AvgIpc) is 2.91. The normalized spacial score (nSPS) is 11.9. The van der Waals surface area contributed by atoms with Crippen LogP contribution in [0.1, 0.15) is 35.1 Å². The number of esters is 1. The Morgan fingerprint density at radius 3 is 2.89 bits per heavy atom. The number of carbonyl (C=O) groups is 1. The Morgan fingerprint density at radius 1 is 1.47 bits per heavy atom. The zero-order valence-electron chi connectivity index (χ0n) is 11.0. The highest BCUT2D eigenvalue weighted by atomic mass is 16.5. The molecule has 0 aliphatic carbocycles. The Morgan fingerprint density at radius 2 is 2.26 bits per heavy atom. The minimum absolute atomic E-state index is 0.0386. The number of hydrogen-bond acceptors (Lipinski definition) is 6. The number of aromatic amines is 1. The molecule has 2 N–H and O–H groups in total. The third-order valence-corrected chi connectivity index (χ3v) is 2.52. The number of aryl methyl sites for hydroxylation is 1. The number of aromatic nitrogens is 4. The van der Waals surface area contributed by atoms with Crippen molar-refractivity contribution in [1.29, 1.82) is 0 Å². The van der Waals surface area contributed by atoms with Gasteiger partial charge in [-0.3, -0.25) is 0 Å². The minimum Gasteiger partial charge on any atom is -0.463 e. The Bertz CT molecular complexity index is 568. The quantitative estimate of drug-likeness (QED) is 0.809. The van der Waals surface area contributed by atoms with Crippen molar-refractivity contribution < 1.29 is 9.53 Å². The predicted octanol–water partition coefficient (Wildman–Crippen LogP) is 1.47.